The molecule has 8 heteroatoms. The first kappa shape index (κ1) is 22.3. The predicted molar refractivity (Wildman–Crippen MR) is 124 cm³/mol. The lowest BCUT2D eigenvalue weighted by atomic mass is 10.0. The van der Waals surface area contributed by atoms with Crippen molar-refractivity contribution >= 4 is 34.3 Å². The van der Waals surface area contributed by atoms with Crippen molar-refractivity contribution in [1.82, 2.24) is 20.0 Å². The van der Waals surface area contributed by atoms with Crippen molar-refractivity contribution in [3.8, 4) is 0 Å². The first-order chi connectivity index (χ1) is 15.5. The highest BCUT2D eigenvalue weighted by Gasteiger charge is 2.27. The Kier molecular flexibility index (Phi) is 6.77. The van der Waals surface area contributed by atoms with Crippen LogP contribution >= 0.6 is 11.6 Å². The van der Waals surface area contributed by atoms with Gasteiger partial charge in [0.1, 0.15) is 0 Å². The summed E-state index contributed by atoms with van der Waals surface area (Å²) in [4.78, 5) is 27.1. The molecule has 0 spiro atoms. The molecule has 1 saturated heterocycles. The molecule has 0 radical (unpaired) electrons. The number of nitrogens with one attached hydrogen (secondary N) is 1. The molecule has 1 N–H and O–H groups in total. The second kappa shape index (κ2) is 9.71. The van der Waals surface area contributed by atoms with Crippen molar-refractivity contribution < 1.29 is 14.3 Å². The van der Waals surface area contributed by atoms with Gasteiger partial charge in [-0.25, -0.2) is 0 Å². The Labute approximate surface area is 192 Å². The molecule has 2 aromatic carbocycles. The second-order valence-corrected chi connectivity index (χ2v) is 8.62. The summed E-state index contributed by atoms with van der Waals surface area (Å²) in [6.07, 6.45) is 2.93. The summed E-state index contributed by atoms with van der Waals surface area (Å²) >= 11 is 5.93. The average Bonchev–Trinajstić information content (AvgIpc) is 3.41. The number of carbonyl (C=O) groups is 2. The molecule has 168 valence electrons. The van der Waals surface area contributed by atoms with Crippen molar-refractivity contribution in [2.45, 2.75) is 19.9 Å². The normalized spacial score (nSPS) is 16.0. The van der Waals surface area contributed by atoms with Crippen LogP contribution in [0.1, 0.15) is 32.7 Å². The number of fused-ring (bicyclic) bond motifs is 1. The summed E-state index contributed by atoms with van der Waals surface area (Å²) in [5, 5.41) is 9.16. The summed E-state index contributed by atoms with van der Waals surface area (Å²) in [7, 11) is 1.61. The van der Waals surface area contributed by atoms with E-state index in [0.717, 1.165) is 36.0 Å². The van der Waals surface area contributed by atoms with Crippen molar-refractivity contribution in [3.63, 3.8) is 0 Å². The Morgan fingerprint density at radius 3 is 2.75 bits per heavy atom. The molecule has 32 heavy (non-hydrogen) atoms. The molecule has 1 atom stereocenters. The van der Waals surface area contributed by atoms with Gasteiger partial charge in [-0.15, -0.1) is 0 Å². The van der Waals surface area contributed by atoms with E-state index in [1.165, 1.54) is 0 Å². The highest BCUT2D eigenvalue weighted by Crippen LogP contribution is 2.24. The smallest absolute Gasteiger partial charge is 0.253 e. The van der Waals surface area contributed by atoms with E-state index in [-0.39, 0.29) is 11.8 Å². The third kappa shape index (κ3) is 4.79. The zero-order valence-corrected chi connectivity index (χ0v) is 19.1. The monoisotopic (exact) mass is 454 g/mol. The lowest BCUT2D eigenvalue weighted by Crippen LogP contribution is -2.29. The molecule has 2 amide bonds. The number of aryl methyl sites for hydroxylation is 1. The maximum atomic E-state index is 12.8. The number of halogens is 1. The highest BCUT2D eigenvalue weighted by molar-refractivity contribution is 6.30. The SMILES string of the molecule is COCCNC(=O)c1ccc2nn(C[C@H]3CCN(C(=O)c4ccc(Cl)cc4)C3)cc2c1C. The molecule has 1 aromatic heterocycles. The number of rotatable bonds is 7. The highest BCUT2D eigenvalue weighted by atomic mass is 35.5. The van der Waals surface area contributed by atoms with Gasteiger partial charge in [0.25, 0.3) is 11.8 Å². The molecule has 1 aliphatic heterocycles. The van der Waals surface area contributed by atoms with Gasteiger partial charge in [0.05, 0.1) is 12.1 Å². The van der Waals surface area contributed by atoms with E-state index in [1.807, 2.05) is 34.8 Å². The van der Waals surface area contributed by atoms with E-state index < -0.39 is 0 Å². The van der Waals surface area contributed by atoms with Crippen LogP contribution in [0, 0.1) is 12.8 Å². The summed E-state index contributed by atoms with van der Waals surface area (Å²) in [5.74, 6) is 0.258. The molecule has 0 saturated carbocycles. The van der Waals surface area contributed by atoms with Gasteiger partial charge < -0.3 is 15.0 Å². The van der Waals surface area contributed by atoms with E-state index in [1.54, 1.807) is 31.4 Å². The number of carbonyl (C=O) groups excluding carboxylic acids is 2. The number of hydrogen-bond donors (Lipinski definition) is 1. The molecule has 4 rings (SSSR count). The summed E-state index contributed by atoms with van der Waals surface area (Å²) in [5.41, 5.74) is 3.08. The molecule has 7 nitrogen and oxygen atoms in total. The van der Waals surface area contributed by atoms with Gasteiger partial charge in [0, 0.05) is 61.0 Å². The third-order valence-corrected chi connectivity index (χ3v) is 6.20. The van der Waals surface area contributed by atoms with Crippen LogP contribution in [0.2, 0.25) is 5.02 Å². The van der Waals surface area contributed by atoms with Gasteiger partial charge in [-0.2, -0.15) is 5.10 Å². The molecule has 1 fully saturated rings. The van der Waals surface area contributed by atoms with E-state index in [4.69, 9.17) is 21.4 Å². The van der Waals surface area contributed by atoms with Crippen LogP contribution < -0.4 is 5.32 Å². The Morgan fingerprint density at radius 1 is 1.22 bits per heavy atom. The topological polar surface area (TPSA) is 76.5 Å². The maximum absolute atomic E-state index is 12.8. The second-order valence-electron chi connectivity index (χ2n) is 8.18. The van der Waals surface area contributed by atoms with E-state index in [9.17, 15) is 9.59 Å². The van der Waals surface area contributed by atoms with Crippen LogP contribution in [-0.2, 0) is 11.3 Å². The number of amides is 2. The van der Waals surface area contributed by atoms with Gasteiger partial charge in [-0.1, -0.05) is 11.6 Å². The lowest BCUT2D eigenvalue weighted by Gasteiger charge is -2.16. The fraction of sp³-hybridized carbons (Fsp3) is 0.375. The summed E-state index contributed by atoms with van der Waals surface area (Å²) < 4.78 is 6.93. The van der Waals surface area contributed by atoms with Gasteiger partial charge in [-0.05, 0) is 61.2 Å². The van der Waals surface area contributed by atoms with E-state index in [0.29, 0.717) is 41.8 Å². The minimum absolute atomic E-state index is 0.0368. The van der Waals surface area contributed by atoms with Gasteiger partial charge in [0.2, 0.25) is 0 Å². The molecule has 0 aliphatic carbocycles. The largest absolute Gasteiger partial charge is 0.383 e. The number of ether oxygens (including phenoxy) is 1. The summed E-state index contributed by atoms with van der Waals surface area (Å²) in [6, 6.07) is 10.7. The molecule has 3 aromatic rings. The first-order valence-corrected chi connectivity index (χ1v) is 11.1. The van der Waals surface area contributed by atoms with Gasteiger partial charge in [0.15, 0.2) is 0 Å². The van der Waals surface area contributed by atoms with E-state index >= 15 is 0 Å². The zero-order valence-electron chi connectivity index (χ0n) is 18.3. The number of hydrogen-bond acceptors (Lipinski definition) is 4. The predicted octanol–water partition coefficient (Wildman–Crippen LogP) is 3.54. The Morgan fingerprint density at radius 2 is 2.00 bits per heavy atom. The summed E-state index contributed by atoms with van der Waals surface area (Å²) in [6.45, 7) is 5.06. The minimum atomic E-state index is -0.110. The van der Waals surface area contributed by atoms with Crippen molar-refractivity contribution in [2.75, 3.05) is 33.4 Å². The Bertz CT molecular complexity index is 1130. The third-order valence-electron chi connectivity index (χ3n) is 5.95. The number of benzene rings is 2. The first-order valence-electron chi connectivity index (χ1n) is 10.7. The van der Waals surface area contributed by atoms with Crippen molar-refractivity contribution in [2.24, 2.45) is 5.92 Å². The molecule has 0 bridgehead atoms. The average molecular weight is 455 g/mol. The molecule has 1 aliphatic rings. The van der Waals surface area contributed by atoms with Gasteiger partial charge in [-0.3, -0.25) is 14.3 Å². The number of nitrogens with zero attached hydrogens (tertiary/aromatic N) is 3. The fourth-order valence-corrected chi connectivity index (χ4v) is 4.31. The molecule has 0 unspecified atom stereocenters. The Balaban J connectivity index is 1.42. The van der Waals surface area contributed by atoms with E-state index in [2.05, 4.69) is 5.32 Å². The van der Waals surface area contributed by atoms with Crippen LogP contribution in [0.4, 0.5) is 0 Å². The van der Waals surface area contributed by atoms with Crippen LogP contribution in [0.3, 0.4) is 0 Å². The molecular weight excluding hydrogens is 428 g/mol. The van der Waals surface area contributed by atoms with Crippen LogP contribution in [0.5, 0.6) is 0 Å². The Hall–Kier alpha value is -2.90. The lowest BCUT2D eigenvalue weighted by molar-refractivity contribution is 0.0785. The zero-order chi connectivity index (χ0) is 22.7. The number of methoxy groups -OCH3 is 1. The minimum Gasteiger partial charge on any atom is -0.383 e. The van der Waals surface area contributed by atoms with Crippen LogP contribution in [-0.4, -0.2) is 59.8 Å². The van der Waals surface area contributed by atoms with Crippen molar-refractivity contribution in [3.05, 3.63) is 64.3 Å². The molecular formula is C24H27ClN4O3. The van der Waals surface area contributed by atoms with Crippen LogP contribution in [0.25, 0.3) is 10.9 Å². The van der Waals surface area contributed by atoms with Crippen molar-refractivity contribution in [1.29, 1.82) is 0 Å². The standard InChI is InChI=1S/C24H27ClN4O3/c1-16-20(23(30)26-10-12-32-2)7-8-22-21(16)15-29(27-22)14-17-9-11-28(13-17)24(31)18-3-5-19(25)6-4-18/h3-8,15,17H,9-14H2,1-2H3,(H,26,30)/t17-/m0/s1. The quantitative estimate of drug-likeness (QED) is 0.554. The number of aromatic nitrogens is 2. The molecule has 2 heterocycles. The number of likely N-dealkylation sites (tertiary alicyclic amines) is 1. The van der Waals surface area contributed by atoms with Crippen LogP contribution in [0.15, 0.2) is 42.6 Å². The van der Waals surface area contributed by atoms with Gasteiger partial charge >= 0.3 is 0 Å². The maximum Gasteiger partial charge on any atom is 0.253 e. The fourth-order valence-electron chi connectivity index (χ4n) is 4.19.